The largest absolute Gasteiger partial charge is 0.339 e. The van der Waals surface area contributed by atoms with Crippen molar-refractivity contribution in [1.82, 2.24) is 29.0 Å². The van der Waals surface area contributed by atoms with Gasteiger partial charge in [0, 0.05) is 26.3 Å². The maximum absolute atomic E-state index is 12.5. The predicted octanol–water partition coefficient (Wildman–Crippen LogP) is 2.50. The summed E-state index contributed by atoms with van der Waals surface area (Å²) in [6.45, 7) is 1.65. The van der Waals surface area contributed by atoms with Gasteiger partial charge in [-0.3, -0.25) is 18.6 Å². The quantitative estimate of drug-likeness (QED) is 0.472. The van der Waals surface area contributed by atoms with Gasteiger partial charge in [-0.15, -0.1) is 10.2 Å². The lowest BCUT2D eigenvalue weighted by Gasteiger charge is -2.14. The van der Waals surface area contributed by atoms with E-state index in [1.54, 1.807) is 13.2 Å². The summed E-state index contributed by atoms with van der Waals surface area (Å²) < 4.78 is 3.43. The lowest BCUT2D eigenvalue weighted by atomic mass is 10.2. The Balaban J connectivity index is 1.40. The average Bonchev–Trinajstić information content (AvgIpc) is 3.46. The summed E-state index contributed by atoms with van der Waals surface area (Å²) >= 11 is 1.52. The van der Waals surface area contributed by atoms with Crippen LogP contribution < -0.4 is 5.56 Å². The molecule has 30 heavy (non-hydrogen) atoms. The predicted molar refractivity (Wildman–Crippen MR) is 115 cm³/mol. The Kier molecular flexibility index (Phi) is 4.74. The Hall–Kier alpha value is -3.20. The molecular weight excluding hydrogens is 400 g/mol. The monoisotopic (exact) mass is 420 g/mol. The van der Waals surface area contributed by atoms with Crippen molar-refractivity contribution in [2.24, 2.45) is 7.05 Å². The van der Waals surface area contributed by atoms with Crippen LogP contribution in [0.5, 0.6) is 0 Å². The number of carbonyl (C=O) groups excluding carboxylic acids is 1. The minimum Gasteiger partial charge on any atom is -0.339 e. The summed E-state index contributed by atoms with van der Waals surface area (Å²) in [5, 5.41) is 9.95. The van der Waals surface area contributed by atoms with Crippen LogP contribution in [0.2, 0.25) is 0 Å². The van der Waals surface area contributed by atoms with Crippen LogP contribution in [0.25, 0.3) is 16.7 Å². The summed E-state index contributed by atoms with van der Waals surface area (Å²) in [7, 11) is 1.70. The van der Waals surface area contributed by atoms with Gasteiger partial charge in [-0.05, 0) is 37.1 Å². The van der Waals surface area contributed by atoms with Crippen molar-refractivity contribution in [2.45, 2.75) is 23.6 Å². The number of aromatic nitrogens is 5. The van der Waals surface area contributed by atoms with Crippen molar-refractivity contribution in [1.29, 1.82) is 0 Å². The van der Waals surface area contributed by atoms with Crippen molar-refractivity contribution in [3.63, 3.8) is 0 Å². The zero-order valence-corrected chi connectivity index (χ0v) is 17.3. The number of rotatable bonds is 4. The third-order valence-corrected chi connectivity index (χ3v) is 6.36. The molecule has 1 amide bonds. The second-order valence-electron chi connectivity index (χ2n) is 7.31. The summed E-state index contributed by atoms with van der Waals surface area (Å²) in [4.78, 5) is 31.3. The normalized spacial score (nSPS) is 14.1. The summed E-state index contributed by atoms with van der Waals surface area (Å²) in [5.41, 5.74) is 1.32. The van der Waals surface area contributed by atoms with Crippen LogP contribution in [0, 0.1) is 0 Å². The van der Waals surface area contributed by atoms with Crippen LogP contribution in [0.15, 0.2) is 52.4 Å². The molecule has 0 N–H and O–H groups in total. The molecule has 1 aliphatic rings. The number of likely N-dealkylation sites (tertiary alicyclic amines) is 1. The van der Waals surface area contributed by atoms with E-state index in [1.165, 1.54) is 16.3 Å². The van der Waals surface area contributed by atoms with E-state index in [1.807, 2.05) is 45.7 Å². The number of para-hydroxylation sites is 1. The van der Waals surface area contributed by atoms with Gasteiger partial charge in [0.15, 0.2) is 0 Å². The van der Waals surface area contributed by atoms with Crippen LogP contribution in [-0.4, -0.2) is 48.0 Å². The van der Waals surface area contributed by atoms with Crippen molar-refractivity contribution < 1.29 is 4.79 Å². The minimum atomic E-state index is -0.0929. The van der Waals surface area contributed by atoms with E-state index in [9.17, 15) is 9.59 Å². The smallest absolute Gasteiger partial charge is 0.262 e. The van der Waals surface area contributed by atoms with E-state index >= 15 is 0 Å². The van der Waals surface area contributed by atoms with Gasteiger partial charge in [0.05, 0.1) is 27.2 Å². The van der Waals surface area contributed by atoms with Crippen molar-refractivity contribution >= 4 is 34.3 Å². The second-order valence-corrected chi connectivity index (χ2v) is 8.30. The third-order valence-electron chi connectivity index (χ3n) is 5.42. The summed E-state index contributed by atoms with van der Waals surface area (Å²) in [5.74, 6) is 1.83. The summed E-state index contributed by atoms with van der Waals surface area (Å²) in [6, 6.07) is 11.2. The lowest BCUT2D eigenvalue weighted by molar-refractivity contribution is 0.0792. The number of hydrogen-bond acceptors (Lipinski definition) is 6. The molecule has 0 saturated carbocycles. The molecule has 152 valence electrons. The van der Waals surface area contributed by atoms with Crippen molar-refractivity contribution in [2.75, 3.05) is 13.1 Å². The number of hydrogen-bond donors (Lipinski definition) is 0. The third kappa shape index (κ3) is 3.15. The Bertz CT molecular complexity index is 1310. The summed E-state index contributed by atoms with van der Waals surface area (Å²) in [6.07, 6.45) is 3.78. The van der Waals surface area contributed by atoms with Gasteiger partial charge >= 0.3 is 0 Å². The first-order valence-electron chi connectivity index (χ1n) is 9.83. The van der Waals surface area contributed by atoms with Crippen LogP contribution in [-0.2, 0) is 12.8 Å². The fraction of sp³-hybridized carbons (Fsp3) is 0.286. The molecule has 0 unspecified atom stereocenters. The van der Waals surface area contributed by atoms with Crippen LogP contribution in [0.4, 0.5) is 0 Å². The second kappa shape index (κ2) is 7.56. The Morgan fingerprint density at radius 2 is 1.90 bits per heavy atom. The van der Waals surface area contributed by atoms with E-state index in [4.69, 9.17) is 0 Å². The molecule has 0 bridgehead atoms. The molecule has 0 radical (unpaired) electrons. The first-order valence-corrected chi connectivity index (χ1v) is 10.8. The Morgan fingerprint density at radius 1 is 1.10 bits per heavy atom. The molecular formula is C21H20N6O2S. The van der Waals surface area contributed by atoms with E-state index in [0.29, 0.717) is 22.5 Å². The number of fused-ring (bicyclic) bond motifs is 3. The highest BCUT2D eigenvalue weighted by Crippen LogP contribution is 2.23. The van der Waals surface area contributed by atoms with Crippen LogP contribution >= 0.6 is 11.8 Å². The zero-order chi connectivity index (χ0) is 20.7. The topological polar surface area (TPSA) is 85.4 Å². The van der Waals surface area contributed by atoms with Gasteiger partial charge in [0.25, 0.3) is 11.5 Å². The molecule has 9 heteroatoms. The minimum absolute atomic E-state index is 0.0485. The van der Waals surface area contributed by atoms with E-state index in [-0.39, 0.29) is 11.5 Å². The average molecular weight is 420 g/mol. The first-order chi connectivity index (χ1) is 14.6. The van der Waals surface area contributed by atoms with Gasteiger partial charge in [-0.1, -0.05) is 23.9 Å². The molecule has 4 aromatic rings. The fourth-order valence-corrected chi connectivity index (χ4v) is 4.57. The number of carbonyl (C=O) groups is 1. The Morgan fingerprint density at radius 3 is 2.67 bits per heavy atom. The Labute approximate surface area is 176 Å². The maximum Gasteiger partial charge on any atom is 0.262 e. The standard InChI is InChI=1S/C21H20N6O2S/c1-25-20(29)15-6-2-3-7-16(15)27-17(23-24-21(25)27)13-30-18-9-8-14(12-22-18)19(28)26-10-4-5-11-26/h2-3,6-9,12H,4-5,10-11,13H2,1H3. The highest BCUT2D eigenvalue weighted by molar-refractivity contribution is 7.98. The van der Waals surface area contributed by atoms with E-state index in [2.05, 4.69) is 15.2 Å². The van der Waals surface area contributed by atoms with Gasteiger partial charge in [0.2, 0.25) is 5.78 Å². The van der Waals surface area contributed by atoms with Gasteiger partial charge < -0.3 is 4.90 Å². The number of benzene rings is 1. The highest BCUT2D eigenvalue weighted by atomic mass is 32.2. The number of thioether (sulfide) groups is 1. The highest BCUT2D eigenvalue weighted by Gasteiger charge is 2.20. The maximum atomic E-state index is 12.5. The number of amides is 1. The van der Waals surface area contributed by atoms with E-state index in [0.717, 1.165) is 42.3 Å². The molecule has 1 aliphatic heterocycles. The molecule has 3 aromatic heterocycles. The lowest BCUT2D eigenvalue weighted by Crippen LogP contribution is -2.27. The molecule has 1 fully saturated rings. The van der Waals surface area contributed by atoms with Gasteiger partial charge in [0.1, 0.15) is 5.82 Å². The molecule has 0 aliphatic carbocycles. The fourth-order valence-electron chi connectivity index (χ4n) is 3.82. The van der Waals surface area contributed by atoms with Crippen molar-refractivity contribution in [3.05, 3.63) is 64.3 Å². The number of pyridine rings is 1. The molecule has 1 aromatic carbocycles. The van der Waals surface area contributed by atoms with Gasteiger partial charge in [-0.2, -0.15) is 0 Å². The van der Waals surface area contributed by atoms with Gasteiger partial charge in [-0.25, -0.2) is 4.98 Å². The van der Waals surface area contributed by atoms with Crippen LogP contribution in [0.3, 0.4) is 0 Å². The first kappa shape index (κ1) is 18.8. The zero-order valence-electron chi connectivity index (χ0n) is 16.5. The van der Waals surface area contributed by atoms with E-state index < -0.39 is 0 Å². The van der Waals surface area contributed by atoms with Crippen LogP contribution in [0.1, 0.15) is 29.0 Å². The van der Waals surface area contributed by atoms with Crippen molar-refractivity contribution in [3.8, 4) is 0 Å². The number of aryl methyl sites for hydroxylation is 1. The molecule has 0 atom stereocenters. The SMILES string of the molecule is Cn1c(=O)c2ccccc2n2c(CSc3ccc(C(=O)N4CCCC4)cn3)nnc12. The molecule has 8 nitrogen and oxygen atoms in total. The number of nitrogens with zero attached hydrogens (tertiary/aromatic N) is 6. The molecule has 5 rings (SSSR count). The molecule has 0 spiro atoms. The molecule has 4 heterocycles. The molecule has 1 saturated heterocycles.